The van der Waals surface area contributed by atoms with E-state index in [1.54, 1.807) is 29.2 Å². The number of hydrogen-bond acceptors (Lipinski definition) is 4. The van der Waals surface area contributed by atoms with Crippen LogP contribution in [0.3, 0.4) is 0 Å². The van der Waals surface area contributed by atoms with Gasteiger partial charge in [-0.05, 0) is 77.9 Å². The number of anilines is 2. The second kappa shape index (κ2) is 8.83. The lowest BCUT2D eigenvalue weighted by Crippen LogP contribution is -2.23. The molecule has 0 saturated carbocycles. The van der Waals surface area contributed by atoms with E-state index in [-0.39, 0.29) is 23.3 Å². The number of fused-ring (bicyclic) bond motifs is 1. The number of hydrogen-bond donors (Lipinski definition) is 2. The van der Waals surface area contributed by atoms with Crippen molar-refractivity contribution in [3.8, 4) is 0 Å². The van der Waals surface area contributed by atoms with Crippen LogP contribution in [-0.4, -0.2) is 29.4 Å². The Morgan fingerprint density at radius 3 is 2.48 bits per heavy atom. The zero-order valence-electron chi connectivity index (χ0n) is 18.0. The topological polar surface area (TPSA) is 86.7 Å². The fourth-order valence-electron chi connectivity index (χ4n) is 4.84. The molecular formula is C26H24N2O4S. The summed E-state index contributed by atoms with van der Waals surface area (Å²) in [4.78, 5) is 38.7. The number of rotatable bonds is 5. The number of aromatic carboxylic acids is 1. The Morgan fingerprint density at radius 2 is 1.79 bits per heavy atom. The van der Waals surface area contributed by atoms with E-state index >= 15 is 0 Å². The molecule has 5 rings (SSSR count). The molecule has 2 aromatic carbocycles. The van der Waals surface area contributed by atoms with Gasteiger partial charge >= 0.3 is 5.97 Å². The smallest absolute Gasteiger partial charge is 0.339 e. The monoisotopic (exact) mass is 460 g/mol. The maximum absolute atomic E-state index is 12.9. The Bertz CT molecular complexity index is 1230. The van der Waals surface area contributed by atoms with Crippen molar-refractivity contribution in [3.05, 3.63) is 81.7 Å². The van der Waals surface area contributed by atoms with Gasteiger partial charge in [0, 0.05) is 24.2 Å². The van der Waals surface area contributed by atoms with Gasteiger partial charge in [0.2, 0.25) is 5.91 Å². The van der Waals surface area contributed by atoms with E-state index in [1.807, 2.05) is 17.5 Å². The van der Waals surface area contributed by atoms with Crippen molar-refractivity contribution in [2.45, 2.75) is 38.0 Å². The van der Waals surface area contributed by atoms with Gasteiger partial charge < -0.3 is 15.3 Å². The number of aryl methyl sites for hydroxylation is 1. The highest BCUT2D eigenvalue weighted by Crippen LogP contribution is 2.40. The first kappa shape index (κ1) is 21.4. The molecule has 0 spiro atoms. The quantitative estimate of drug-likeness (QED) is 0.555. The summed E-state index contributed by atoms with van der Waals surface area (Å²) in [5.41, 5.74) is 4.77. The van der Waals surface area contributed by atoms with Crippen LogP contribution < -0.4 is 10.2 Å². The number of nitrogens with zero attached hydrogens (tertiary/aromatic N) is 1. The van der Waals surface area contributed by atoms with E-state index in [0.29, 0.717) is 23.5 Å². The SMILES string of the molecule is O=C(Nc1scc(C2CCc3ccccc3C2)c1C(=O)O)c1ccc(N2CCCC2=O)cc1. The molecule has 7 heteroatoms. The first-order chi connectivity index (χ1) is 16.0. The van der Waals surface area contributed by atoms with Crippen molar-refractivity contribution in [2.24, 2.45) is 0 Å². The maximum Gasteiger partial charge on any atom is 0.339 e. The second-order valence-corrected chi connectivity index (χ2v) is 9.44. The Kier molecular flexibility index (Phi) is 5.72. The van der Waals surface area contributed by atoms with Crippen LogP contribution in [0.15, 0.2) is 53.9 Å². The zero-order chi connectivity index (χ0) is 22.9. The molecule has 2 N–H and O–H groups in total. The summed E-state index contributed by atoms with van der Waals surface area (Å²) in [6.07, 6.45) is 4.00. The average Bonchev–Trinajstić information content (AvgIpc) is 3.45. The Morgan fingerprint density at radius 1 is 1.03 bits per heavy atom. The van der Waals surface area contributed by atoms with Gasteiger partial charge in [0.1, 0.15) is 5.00 Å². The molecule has 0 radical (unpaired) electrons. The van der Waals surface area contributed by atoms with Crippen molar-refractivity contribution in [1.29, 1.82) is 0 Å². The predicted molar refractivity (Wildman–Crippen MR) is 128 cm³/mol. The minimum atomic E-state index is -1.02. The molecule has 2 amide bonds. The molecule has 1 atom stereocenters. The molecule has 168 valence electrons. The number of nitrogens with one attached hydrogen (secondary N) is 1. The molecule has 6 nitrogen and oxygen atoms in total. The summed E-state index contributed by atoms with van der Waals surface area (Å²) < 4.78 is 0. The molecule has 1 aliphatic heterocycles. The molecule has 3 aromatic rings. The lowest BCUT2D eigenvalue weighted by Gasteiger charge is -2.24. The van der Waals surface area contributed by atoms with E-state index in [9.17, 15) is 19.5 Å². The molecule has 0 bridgehead atoms. The van der Waals surface area contributed by atoms with Crippen molar-refractivity contribution < 1.29 is 19.5 Å². The van der Waals surface area contributed by atoms with Gasteiger partial charge in [0.05, 0.1) is 5.56 Å². The molecule has 1 unspecified atom stereocenters. The van der Waals surface area contributed by atoms with Gasteiger partial charge in [0.15, 0.2) is 0 Å². The minimum Gasteiger partial charge on any atom is -0.478 e. The summed E-state index contributed by atoms with van der Waals surface area (Å²) in [5.74, 6) is -1.18. The number of thiophene rings is 1. The van der Waals surface area contributed by atoms with E-state index in [0.717, 1.165) is 36.9 Å². The van der Waals surface area contributed by atoms with Crippen molar-refractivity contribution in [3.63, 3.8) is 0 Å². The normalized spacial score (nSPS) is 17.6. The maximum atomic E-state index is 12.9. The highest BCUT2D eigenvalue weighted by Gasteiger charge is 2.28. The largest absolute Gasteiger partial charge is 0.478 e. The van der Waals surface area contributed by atoms with Crippen LogP contribution in [0.25, 0.3) is 0 Å². The van der Waals surface area contributed by atoms with Crippen molar-refractivity contribution >= 4 is 39.8 Å². The summed E-state index contributed by atoms with van der Waals surface area (Å²) >= 11 is 1.26. The fraction of sp³-hybridized carbons (Fsp3) is 0.269. The third kappa shape index (κ3) is 4.16. The number of benzene rings is 2. The average molecular weight is 461 g/mol. The standard InChI is InChI=1S/C26H24N2O4S/c29-22-6-3-13-28(22)20-11-9-17(10-12-20)24(30)27-25-23(26(31)32)21(15-33-25)19-8-7-16-4-1-2-5-18(16)14-19/h1-2,4-5,9-12,15,19H,3,6-8,13-14H2,(H,27,30)(H,31,32). The van der Waals surface area contributed by atoms with Crippen LogP contribution in [0.5, 0.6) is 0 Å². The Hall–Kier alpha value is -3.45. The lowest BCUT2D eigenvalue weighted by atomic mass is 9.80. The number of amides is 2. The van der Waals surface area contributed by atoms with Crippen LogP contribution in [0.4, 0.5) is 10.7 Å². The van der Waals surface area contributed by atoms with Gasteiger partial charge in [-0.15, -0.1) is 11.3 Å². The minimum absolute atomic E-state index is 0.0924. The molecule has 2 heterocycles. The van der Waals surface area contributed by atoms with Gasteiger partial charge in [-0.25, -0.2) is 4.79 Å². The van der Waals surface area contributed by atoms with Crippen LogP contribution in [0.2, 0.25) is 0 Å². The number of carbonyl (C=O) groups excluding carboxylic acids is 2. The fourth-order valence-corrected chi connectivity index (χ4v) is 5.87. The third-order valence-electron chi connectivity index (χ3n) is 6.56. The molecule has 2 aliphatic rings. The van der Waals surface area contributed by atoms with Gasteiger partial charge in [-0.3, -0.25) is 9.59 Å². The van der Waals surface area contributed by atoms with Crippen LogP contribution in [0.1, 0.15) is 62.6 Å². The predicted octanol–water partition coefficient (Wildman–Crippen LogP) is 5.10. The first-order valence-electron chi connectivity index (χ1n) is 11.1. The highest BCUT2D eigenvalue weighted by atomic mass is 32.1. The first-order valence-corrected chi connectivity index (χ1v) is 12.0. The highest BCUT2D eigenvalue weighted by molar-refractivity contribution is 7.15. The van der Waals surface area contributed by atoms with E-state index in [1.165, 1.54) is 22.5 Å². The summed E-state index contributed by atoms with van der Waals surface area (Å²) in [5, 5.41) is 15.0. The summed E-state index contributed by atoms with van der Waals surface area (Å²) in [6.45, 7) is 0.690. The third-order valence-corrected chi connectivity index (χ3v) is 7.48. The molecule has 1 aliphatic carbocycles. The second-order valence-electron chi connectivity index (χ2n) is 8.56. The molecule has 1 fully saturated rings. The van der Waals surface area contributed by atoms with Gasteiger partial charge in [-0.2, -0.15) is 0 Å². The van der Waals surface area contributed by atoms with Crippen LogP contribution >= 0.6 is 11.3 Å². The Balaban J connectivity index is 1.35. The van der Waals surface area contributed by atoms with E-state index < -0.39 is 5.97 Å². The lowest BCUT2D eigenvalue weighted by molar-refractivity contribution is -0.117. The van der Waals surface area contributed by atoms with E-state index in [2.05, 4.69) is 17.4 Å². The zero-order valence-corrected chi connectivity index (χ0v) is 18.9. The Labute approximate surface area is 195 Å². The van der Waals surface area contributed by atoms with Gasteiger partial charge in [-0.1, -0.05) is 24.3 Å². The van der Waals surface area contributed by atoms with Crippen LogP contribution in [0, 0.1) is 0 Å². The van der Waals surface area contributed by atoms with Crippen LogP contribution in [-0.2, 0) is 17.6 Å². The van der Waals surface area contributed by atoms with Gasteiger partial charge in [0.25, 0.3) is 5.91 Å². The molecule has 1 saturated heterocycles. The van der Waals surface area contributed by atoms with E-state index in [4.69, 9.17) is 0 Å². The molecule has 33 heavy (non-hydrogen) atoms. The summed E-state index contributed by atoms with van der Waals surface area (Å²) in [7, 11) is 0. The number of carboxylic acids is 1. The molecular weight excluding hydrogens is 436 g/mol. The number of carboxylic acid groups (broad SMARTS) is 1. The van der Waals surface area contributed by atoms with Crippen molar-refractivity contribution in [2.75, 3.05) is 16.8 Å². The van der Waals surface area contributed by atoms with Crippen molar-refractivity contribution in [1.82, 2.24) is 0 Å². The molecule has 1 aromatic heterocycles. The number of carbonyl (C=O) groups is 3. The summed E-state index contributed by atoms with van der Waals surface area (Å²) in [6, 6.07) is 15.2.